The van der Waals surface area contributed by atoms with Gasteiger partial charge in [-0.1, -0.05) is 60.7 Å². The SMILES string of the molecule is Cc1cc(-c2cc(C)c(OCC(O)COc3ccc4ccccc4c3C=O)c(C)c2)cc(C)c1OCC(O)COc1ccc2ccccc2c1C=O. The first-order valence-corrected chi connectivity index (χ1v) is 17.2. The molecule has 266 valence electrons. The van der Waals surface area contributed by atoms with Crippen molar-refractivity contribution in [3.63, 3.8) is 0 Å². The number of carbonyl (C=O) groups excluding carboxylic acids is 2. The second kappa shape index (κ2) is 16.1. The average molecular weight is 699 g/mol. The highest BCUT2D eigenvalue weighted by Crippen LogP contribution is 2.35. The normalized spacial score (nSPS) is 12.3. The Morgan fingerprint density at radius 2 is 0.846 bits per heavy atom. The Kier molecular flexibility index (Phi) is 11.2. The molecule has 0 amide bonds. The average Bonchev–Trinajstić information content (AvgIpc) is 3.14. The minimum atomic E-state index is -0.917. The minimum Gasteiger partial charge on any atom is -0.490 e. The molecule has 6 rings (SSSR count). The van der Waals surface area contributed by atoms with Crippen molar-refractivity contribution >= 4 is 34.1 Å². The summed E-state index contributed by atoms with van der Waals surface area (Å²) in [4.78, 5) is 23.6. The summed E-state index contributed by atoms with van der Waals surface area (Å²) < 4.78 is 23.8. The van der Waals surface area contributed by atoms with Crippen LogP contribution < -0.4 is 18.9 Å². The van der Waals surface area contributed by atoms with Crippen LogP contribution >= 0.6 is 0 Å². The fraction of sp³-hybridized carbons (Fsp3) is 0.227. The smallest absolute Gasteiger partial charge is 0.154 e. The third-order valence-corrected chi connectivity index (χ3v) is 9.05. The number of carbonyl (C=O) groups is 2. The molecule has 8 nitrogen and oxygen atoms in total. The molecular formula is C44H42O8. The quantitative estimate of drug-likeness (QED) is 0.103. The molecule has 6 aromatic carbocycles. The number of aryl methyl sites for hydroxylation is 4. The van der Waals surface area contributed by atoms with Gasteiger partial charge in [0.05, 0.1) is 11.1 Å². The van der Waals surface area contributed by atoms with Gasteiger partial charge in [0.15, 0.2) is 12.6 Å². The molecule has 0 radical (unpaired) electrons. The second-order valence-electron chi connectivity index (χ2n) is 13.1. The number of aliphatic hydroxyl groups excluding tert-OH is 2. The largest absolute Gasteiger partial charge is 0.490 e. The van der Waals surface area contributed by atoms with Gasteiger partial charge in [0.1, 0.15) is 61.6 Å². The molecule has 0 aliphatic carbocycles. The van der Waals surface area contributed by atoms with Crippen LogP contribution in [0.15, 0.2) is 97.1 Å². The van der Waals surface area contributed by atoms with Gasteiger partial charge in [-0.15, -0.1) is 0 Å². The Hall–Kier alpha value is -5.70. The topological polar surface area (TPSA) is 112 Å². The number of rotatable bonds is 15. The zero-order valence-electron chi connectivity index (χ0n) is 29.7. The summed E-state index contributed by atoms with van der Waals surface area (Å²) >= 11 is 0. The maximum atomic E-state index is 11.8. The molecule has 0 fully saturated rings. The Bertz CT molecular complexity index is 2040. The van der Waals surface area contributed by atoms with E-state index < -0.39 is 12.2 Å². The fourth-order valence-corrected chi connectivity index (χ4v) is 6.56. The molecule has 52 heavy (non-hydrogen) atoms. The first kappa shape index (κ1) is 36.1. The van der Waals surface area contributed by atoms with E-state index in [1.54, 1.807) is 12.1 Å². The minimum absolute atomic E-state index is 0.0205. The highest BCUT2D eigenvalue weighted by atomic mass is 16.5. The molecule has 0 aliphatic rings. The van der Waals surface area contributed by atoms with E-state index in [2.05, 4.69) is 0 Å². The summed E-state index contributed by atoms with van der Waals surface area (Å²) in [5.74, 6) is 2.22. The number of aldehydes is 2. The molecule has 0 saturated heterocycles. The van der Waals surface area contributed by atoms with Gasteiger partial charge in [0.25, 0.3) is 0 Å². The summed E-state index contributed by atoms with van der Waals surface area (Å²) in [6, 6.07) is 30.6. The van der Waals surface area contributed by atoms with E-state index in [4.69, 9.17) is 18.9 Å². The first-order valence-electron chi connectivity index (χ1n) is 17.2. The van der Waals surface area contributed by atoms with Crippen LogP contribution in [0.1, 0.15) is 43.0 Å². The lowest BCUT2D eigenvalue weighted by Gasteiger charge is -2.19. The highest BCUT2D eigenvalue weighted by Gasteiger charge is 2.17. The molecule has 2 N–H and O–H groups in total. The van der Waals surface area contributed by atoms with Gasteiger partial charge in [-0.3, -0.25) is 9.59 Å². The molecule has 0 bridgehead atoms. The van der Waals surface area contributed by atoms with Crippen molar-refractivity contribution in [2.75, 3.05) is 26.4 Å². The van der Waals surface area contributed by atoms with Crippen molar-refractivity contribution in [3.8, 4) is 34.1 Å². The molecular weight excluding hydrogens is 656 g/mol. The molecule has 0 heterocycles. The first-order chi connectivity index (χ1) is 25.2. The molecule has 8 heteroatoms. The van der Waals surface area contributed by atoms with Gasteiger partial charge in [-0.2, -0.15) is 0 Å². The lowest BCUT2D eigenvalue weighted by atomic mass is 9.96. The number of hydrogen-bond donors (Lipinski definition) is 2. The summed E-state index contributed by atoms with van der Waals surface area (Å²) in [6.45, 7) is 7.86. The van der Waals surface area contributed by atoms with Crippen molar-refractivity contribution in [2.45, 2.75) is 39.9 Å². The van der Waals surface area contributed by atoms with E-state index in [0.717, 1.165) is 67.5 Å². The molecule has 0 spiro atoms. The Morgan fingerprint density at radius 1 is 0.500 bits per heavy atom. The maximum absolute atomic E-state index is 11.8. The summed E-state index contributed by atoms with van der Waals surface area (Å²) in [6.07, 6.45) is -0.278. The van der Waals surface area contributed by atoms with Crippen LogP contribution in [0.25, 0.3) is 32.7 Å². The van der Waals surface area contributed by atoms with Crippen molar-refractivity contribution in [1.82, 2.24) is 0 Å². The van der Waals surface area contributed by atoms with Crippen molar-refractivity contribution < 1.29 is 38.7 Å². The van der Waals surface area contributed by atoms with E-state index in [1.807, 2.05) is 113 Å². The van der Waals surface area contributed by atoms with Gasteiger partial charge in [0.2, 0.25) is 0 Å². The molecule has 2 unspecified atom stereocenters. The zero-order valence-corrected chi connectivity index (χ0v) is 29.7. The van der Waals surface area contributed by atoms with Crippen LogP contribution in [-0.2, 0) is 0 Å². The zero-order chi connectivity index (χ0) is 36.8. The fourth-order valence-electron chi connectivity index (χ4n) is 6.56. The summed E-state index contributed by atoms with van der Waals surface area (Å²) in [7, 11) is 0. The number of ether oxygens (including phenoxy) is 4. The monoisotopic (exact) mass is 698 g/mol. The molecule has 0 aromatic heterocycles. The van der Waals surface area contributed by atoms with Crippen molar-refractivity contribution in [2.24, 2.45) is 0 Å². The number of aliphatic hydroxyl groups is 2. The van der Waals surface area contributed by atoms with E-state index in [9.17, 15) is 19.8 Å². The maximum Gasteiger partial charge on any atom is 0.154 e. The third kappa shape index (κ3) is 7.94. The summed E-state index contributed by atoms with van der Waals surface area (Å²) in [5.41, 5.74) is 6.61. The molecule has 0 aliphatic heterocycles. The third-order valence-electron chi connectivity index (χ3n) is 9.05. The number of fused-ring (bicyclic) bond motifs is 2. The van der Waals surface area contributed by atoms with Crippen molar-refractivity contribution in [3.05, 3.63) is 130 Å². The molecule has 6 aromatic rings. The van der Waals surface area contributed by atoms with Crippen LogP contribution in [-0.4, -0.2) is 61.4 Å². The van der Waals surface area contributed by atoms with Crippen LogP contribution in [0, 0.1) is 27.7 Å². The Morgan fingerprint density at radius 3 is 1.21 bits per heavy atom. The second-order valence-corrected chi connectivity index (χ2v) is 13.1. The highest BCUT2D eigenvalue weighted by molar-refractivity contribution is 6.01. The van der Waals surface area contributed by atoms with Gasteiger partial charge < -0.3 is 29.2 Å². The standard InChI is InChI=1S/C44H42O8/c1-27-17-33(18-28(2)43(27)51-25-35(47)23-49-41-15-13-31-9-5-7-11-37(31)39(41)21-45)34-19-29(3)44(30(4)20-34)52-26-36(48)24-50-42-16-14-32-10-6-8-12-38(32)40(42)22-46/h5-22,35-36,47-48H,23-26H2,1-4H3. The van der Waals surface area contributed by atoms with E-state index in [1.165, 1.54) is 0 Å². The van der Waals surface area contributed by atoms with Crippen LogP contribution in [0.5, 0.6) is 23.0 Å². The Balaban J connectivity index is 1.05. The van der Waals surface area contributed by atoms with Gasteiger partial charge in [-0.25, -0.2) is 0 Å². The van der Waals surface area contributed by atoms with E-state index in [-0.39, 0.29) is 26.4 Å². The number of benzene rings is 6. The van der Waals surface area contributed by atoms with Crippen LogP contribution in [0.2, 0.25) is 0 Å². The predicted molar refractivity (Wildman–Crippen MR) is 203 cm³/mol. The van der Waals surface area contributed by atoms with Gasteiger partial charge in [-0.05, 0) is 119 Å². The van der Waals surface area contributed by atoms with E-state index >= 15 is 0 Å². The Labute approximate surface area is 303 Å². The van der Waals surface area contributed by atoms with Crippen LogP contribution in [0.4, 0.5) is 0 Å². The van der Waals surface area contributed by atoms with Gasteiger partial charge >= 0.3 is 0 Å². The van der Waals surface area contributed by atoms with Crippen LogP contribution in [0.3, 0.4) is 0 Å². The number of hydrogen-bond acceptors (Lipinski definition) is 8. The van der Waals surface area contributed by atoms with Crippen molar-refractivity contribution in [1.29, 1.82) is 0 Å². The van der Waals surface area contributed by atoms with E-state index in [0.29, 0.717) is 34.1 Å². The summed E-state index contributed by atoms with van der Waals surface area (Å²) in [5, 5.41) is 24.8. The molecule has 2 atom stereocenters. The lowest BCUT2D eigenvalue weighted by Crippen LogP contribution is -2.25. The lowest BCUT2D eigenvalue weighted by molar-refractivity contribution is 0.0618. The van der Waals surface area contributed by atoms with Gasteiger partial charge in [0, 0.05) is 0 Å². The predicted octanol–water partition coefficient (Wildman–Crippen LogP) is 8.16. The molecule has 0 saturated carbocycles.